The van der Waals surface area contributed by atoms with Crippen LogP contribution in [0.5, 0.6) is 0 Å². The predicted molar refractivity (Wildman–Crippen MR) is 71.6 cm³/mol. The zero-order valence-electron chi connectivity index (χ0n) is 11.6. The topological polar surface area (TPSA) is 59.4 Å². The van der Waals surface area contributed by atoms with Crippen LogP contribution in [0, 0.1) is 0 Å². The second-order valence-corrected chi connectivity index (χ2v) is 5.00. The van der Waals surface area contributed by atoms with E-state index in [-0.39, 0.29) is 5.91 Å². The standard InChI is InChI=1S/C13H22N4O2/c1-11(2)15-9-12-14-3-4-17(12)10-13(18)16-5-7-19-8-6-16/h3-4,11,15H,5-10H2,1-2H3. The summed E-state index contributed by atoms with van der Waals surface area (Å²) in [6.07, 6.45) is 3.60. The Morgan fingerprint density at radius 1 is 1.47 bits per heavy atom. The molecular weight excluding hydrogens is 244 g/mol. The highest BCUT2D eigenvalue weighted by atomic mass is 16.5. The number of carbonyl (C=O) groups is 1. The van der Waals surface area contributed by atoms with Crippen molar-refractivity contribution in [2.24, 2.45) is 0 Å². The maximum atomic E-state index is 12.2. The van der Waals surface area contributed by atoms with Gasteiger partial charge in [-0.05, 0) is 0 Å². The molecule has 0 bridgehead atoms. The first kappa shape index (κ1) is 14.0. The number of ether oxygens (including phenoxy) is 1. The highest BCUT2D eigenvalue weighted by Crippen LogP contribution is 2.03. The fraction of sp³-hybridized carbons (Fsp3) is 0.692. The predicted octanol–water partition coefficient (Wildman–Crippen LogP) is 0.240. The van der Waals surface area contributed by atoms with Gasteiger partial charge < -0.3 is 19.5 Å². The highest BCUT2D eigenvalue weighted by molar-refractivity contribution is 5.76. The van der Waals surface area contributed by atoms with Gasteiger partial charge >= 0.3 is 0 Å². The average Bonchev–Trinajstić information content (AvgIpc) is 2.84. The van der Waals surface area contributed by atoms with Crippen molar-refractivity contribution < 1.29 is 9.53 Å². The van der Waals surface area contributed by atoms with Gasteiger partial charge in [-0.1, -0.05) is 13.8 Å². The minimum Gasteiger partial charge on any atom is -0.378 e. The van der Waals surface area contributed by atoms with Gasteiger partial charge in [0.15, 0.2) is 0 Å². The lowest BCUT2D eigenvalue weighted by molar-refractivity contribution is -0.135. The summed E-state index contributed by atoms with van der Waals surface area (Å²) in [7, 11) is 0. The summed E-state index contributed by atoms with van der Waals surface area (Å²) in [6.45, 7) is 7.86. The third-order valence-corrected chi connectivity index (χ3v) is 3.14. The molecule has 1 aromatic heterocycles. The molecule has 2 heterocycles. The number of nitrogens with one attached hydrogen (secondary N) is 1. The quantitative estimate of drug-likeness (QED) is 0.829. The van der Waals surface area contributed by atoms with Gasteiger partial charge in [0, 0.05) is 31.5 Å². The maximum Gasteiger partial charge on any atom is 0.242 e. The van der Waals surface area contributed by atoms with Crippen LogP contribution in [0.3, 0.4) is 0 Å². The molecule has 6 heteroatoms. The van der Waals surface area contributed by atoms with Crippen molar-refractivity contribution >= 4 is 5.91 Å². The lowest BCUT2D eigenvalue weighted by atomic mass is 10.3. The molecule has 0 unspecified atom stereocenters. The average molecular weight is 266 g/mol. The van der Waals surface area contributed by atoms with Crippen molar-refractivity contribution in [2.75, 3.05) is 26.3 Å². The van der Waals surface area contributed by atoms with Crippen LogP contribution in [-0.4, -0.2) is 52.7 Å². The molecule has 1 N–H and O–H groups in total. The largest absolute Gasteiger partial charge is 0.378 e. The molecule has 1 fully saturated rings. The van der Waals surface area contributed by atoms with Crippen LogP contribution in [0.25, 0.3) is 0 Å². The van der Waals surface area contributed by atoms with Gasteiger partial charge in [-0.25, -0.2) is 4.98 Å². The van der Waals surface area contributed by atoms with Crippen LogP contribution < -0.4 is 5.32 Å². The van der Waals surface area contributed by atoms with Crippen molar-refractivity contribution in [1.29, 1.82) is 0 Å². The lowest BCUT2D eigenvalue weighted by Gasteiger charge is -2.27. The first-order chi connectivity index (χ1) is 9.16. The van der Waals surface area contributed by atoms with Crippen LogP contribution >= 0.6 is 0 Å². The molecule has 6 nitrogen and oxygen atoms in total. The molecule has 1 aromatic rings. The molecule has 0 saturated carbocycles. The van der Waals surface area contributed by atoms with Crippen molar-refractivity contribution in [3.8, 4) is 0 Å². The Morgan fingerprint density at radius 2 is 2.21 bits per heavy atom. The maximum absolute atomic E-state index is 12.2. The van der Waals surface area contributed by atoms with Crippen LogP contribution in [0.2, 0.25) is 0 Å². The van der Waals surface area contributed by atoms with Crippen molar-refractivity contribution in [3.63, 3.8) is 0 Å². The van der Waals surface area contributed by atoms with Crippen LogP contribution in [0.4, 0.5) is 0 Å². The number of morpholine rings is 1. The first-order valence-corrected chi connectivity index (χ1v) is 6.75. The van der Waals surface area contributed by atoms with Gasteiger partial charge in [0.1, 0.15) is 12.4 Å². The van der Waals surface area contributed by atoms with Gasteiger partial charge in [-0.3, -0.25) is 4.79 Å². The van der Waals surface area contributed by atoms with E-state index < -0.39 is 0 Å². The molecule has 1 aliphatic rings. The first-order valence-electron chi connectivity index (χ1n) is 6.75. The summed E-state index contributed by atoms with van der Waals surface area (Å²) in [5.41, 5.74) is 0. The van der Waals surface area contributed by atoms with E-state index in [1.54, 1.807) is 6.20 Å². The number of imidazole rings is 1. The Bertz CT molecular complexity index is 411. The van der Waals surface area contributed by atoms with Gasteiger partial charge in [-0.15, -0.1) is 0 Å². The fourth-order valence-electron chi connectivity index (χ4n) is 2.01. The molecular formula is C13H22N4O2. The van der Waals surface area contributed by atoms with Gasteiger partial charge in [0.2, 0.25) is 5.91 Å². The van der Waals surface area contributed by atoms with Crippen molar-refractivity contribution in [3.05, 3.63) is 18.2 Å². The van der Waals surface area contributed by atoms with Crippen LogP contribution in [0.1, 0.15) is 19.7 Å². The third-order valence-electron chi connectivity index (χ3n) is 3.14. The van der Waals surface area contributed by atoms with Crippen molar-refractivity contribution in [1.82, 2.24) is 19.8 Å². The summed E-state index contributed by atoms with van der Waals surface area (Å²) >= 11 is 0. The van der Waals surface area contributed by atoms with E-state index in [4.69, 9.17) is 4.74 Å². The smallest absolute Gasteiger partial charge is 0.242 e. The molecule has 1 amide bonds. The minimum atomic E-state index is 0.132. The van der Waals surface area contributed by atoms with E-state index in [9.17, 15) is 4.79 Å². The van der Waals surface area contributed by atoms with Crippen molar-refractivity contribution in [2.45, 2.75) is 33.0 Å². The molecule has 1 aliphatic heterocycles. The third kappa shape index (κ3) is 4.04. The molecule has 0 radical (unpaired) electrons. The second-order valence-electron chi connectivity index (χ2n) is 5.00. The number of hydrogen-bond acceptors (Lipinski definition) is 4. The van der Waals surface area contributed by atoms with E-state index in [2.05, 4.69) is 24.1 Å². The Balaban J connectivity index is 1.91. The summed E-state index contributed by atoms with van der Waals surface area (Å²) in [5, 5.41) is 3.31. The van der Waals surface area contributed by atoms with E-state index >= 15 is 0 Å². The zero-order valence-corrected chi connectivity index (χ0v) is 11.6. The SMILES string of the molecule is CC(C)NCc1nccn1CC(=O)N1CCOCC1. The number of nitrogens with zero attached hydrogens (tertiary/aromatic N) is 3. The van der Waals surface area contributed by atoms with E-state index in [1.807, 2.05) is 15.7 Å². The fourth-order valence-corrected chi connectivity index (χ4v) is 2.01. The molecule has 106 valence electrons. The molecule has 2 rings (SSSR count). The van der Waals surface area contributed by atoms with Crippen LogP contribution in [0.15, 0.2) is 12.4 Å². The van der Waals surface area contributed by atoms with E-state index in [1.165, 1.54) is 0 Å². The molecule has 0 aliphatic carbocycles. The number of hydrogen-bond donors (Lipinski definition) is 1. The Labute approximate surface area is 113 Å². The van der Waals surface area contributed by atoms with Gasteiger partial charge in [0.25, 0.3) is 0 Å². The zero-order chi connectivity index (χ0) is 13.7. The monoisotopic (exact) mass is 266 g/mol. The minimum absolute atomic E-state index is 0.132. The van der Waals surface area contributed by atoms with E-state index in [0.717, 1.165) is 5.82 Å². The van der Waals surface area contributed by atoms with Crippen LogP contribution in [-0.2, 0) is 22.6 Å². The molecule has 19 heavy (non-hydrogen) atoms. The summed E-state index contributed by atoms with van der Waals surface area (Å²) in [5.74, 6) is 1.03. The summed E-state index contributed by atoms with van der Waals surface area (Å²) in [4.78, 5) is 18.3. The Hall–Kier alpha value is -1.40. The lowest BCUT2D eigenvalue weighted by Crippen LogP contribution is -2.42. The summed E-state index contributed by atoms with van der Waals surface area (Å²) < 4.78 is 7.16. The molecule has 0 aromatic carbocycles. The van der Waals surface area contributed by atoms with E-state index in [0.29, 0.717) is 45.4 Å². The Morgan fingerprint density at radius 3 is 2.89 bits per heavy atom. The molecule has 0 spiro atoms. The summed E-state index contributed by atoms with van der Waals surface area (Å²) in [6, 6.07) is 0.403. The number of rotatable bonds is 5. The Kier molecular flexibility index (Phi) is 4.93. The number of amides is 1. The second kappa shape index (κ2) is 6.68. The highest BCUT2D eigenvalue weighted by Gasteiger charge is 2.17. The molecule has 0 atom stereocenters. The van der Waals surface area contributed by atoms with Gasteiger partial charge in [0.05, 0.1) is 19.8 Å². The van der Waals surface area contributed by atoms with Gasteiger partial charge in [-0.2, -0.15) is 0 Å². The molecule has 1 saturated heterocycles. The number of carbonyl (C=O) groups excluding carboxylic acids is 1. The normalized spacial score (nSPS) is 16.1. The number of aromatic nitrogens is 2.